The lowest BCUT2D eigenvalue weighted by molar-refractivity contribution is 0.0253. The molecule has 6 nitrogen and oxygen atoms in total. The fourth-order valence-corrected chi connectivity index (χ4v) is 2.71. The summed E-state index contributed by atoms with van der Waals surface area (Å²) < 4.78 is 5.42. The van der Waals surface area contributed by atoms with Crippen molar-refractivity contribution in [3.8, 4) is 0 Å². The first-order valence-electron chi connectivity index (χ1n) is 8.36. The first kappa shape index (κ1) is 24.0. The van der Waals surface area contributed by atoms with Crippen LogP contribution >= 0.6 is 35.3 Å². The topological polar surface area (TPSA) is 80.0 Å². The Kier molecular flexibility index (Phi) is 11.8. The third kappa shape index (κ3) is 11.2. The molecule has 0 aliphatic carbocycles. The van der Waals surface area contributed by atoms with E-state index >= 15 is 0 Å². The molecule has 0 bridgehead atoms. The van der Waals surface area contributed by atoms with Crippen molar-refractivity contribution in [2.45, 2.75) is 46.1 Å². The molecule has 0 aliphatic rings. The molecule has 1 heterocycles. The third-order valence-corrected chi connectivity index (χ3v) is 3.99. The molecule has 1 aromatic heterocycles. The van der Waals surface area contributed by atoms with E-state index < -0.39 is 5.60 Å². The lowest BCUT2D eigenvalue weighted by Crippen LogP contribution is -2.43. The molecule has 3 N–H and O–H groups in total. The van der Waals surface area contributed by atoms with Crippen molar-refractivity contribution >= 4 is 47.4 Å². The molecule has 0 atom stereocenters. The maximum atomic E-state index is 12.1. The fourth-order valence-electron chi connectivity index (χ4n) is 2.01. The van der Waals surface area contributed by atoms with Crippen LogP contribution in [0.15, 0.2) is 22.5 Å². The molecule has 0 aromatic carbocycles. The molecule has 1 amide bonds. The van der Waals surface area contributed by atoms with Crippen LogP contribution in [0.4, 0.5) is 4.79 Å². The molecule has 1 aromatic rings. The van der Waals surface area contributed by atoms with Gasteiger partial charge in [0.25, 0.3) is 0 Å². The van der Waals surface area contributed by atoms with Crippen molar-refractivity contribution in [2.24, 2.45) is 10.7 Å². The van der Waals surface area contributed by atoms with Crippen LogP contribution in [0, 0.1) is 0 Å². The number of carbonyl (C=O) groups excluding carboxylic acids is 1. The van der Waals surface area contributed by atoms with E-state index in [-0.39, 0.29) is 30.1 Å². The van der Waals surface area contributed by atoms with Crippen molar-refractivity contribution < 1.29 is 9.53 Å². The molecule has 0 saturated heterocycles. The van der Waals surface area contributed by atoms with Crippen molar-refractivity contribution in [3.63, 3.8) is 0 Å². The van der Waals surface area contributed by atoms with Gasteiger partial charge in [-0.15, -0.1) is 35.3 Å². The summed E-state index contributed by atoms with van der Waals surface area (Å²) in [5.74, 6) is 0.409. The summed E-state index contributed by atoms with van der Waals surface area (Å²) in [6.07, 6.45) is 1.48. The normalized spacial score (nSPS) is 11.6. The molecular weight excluding hydrogens is 451 g/mol. The molecule has 0 aliphatic heterocycles. The number of nitrogens with zero attached hydrogens (tertiary/aromatic N) is 2. The molecule has 0 fully saturated rings. The van der Waals surface area contributed by atoms with Crippen molar-refractivity contribution in [1.29, 1.82) is 0 Å². The minimum absolute atomic E-state index is 0. The van der Waals surface area contributed by atoms with Crippen molar-refractivity contribution in [1.82, 2.24) is 10.2 Å². The maximum absolute atomic E-state index is 12.1. The number of aliphatic imine (C=N–C) groups is 1. The van der Waals surface area contributed by atoms with Gasteiger partial charge in [0.1, 0.15) is 5.60 Å². The first-order valence-corrected chi connectivity index (χ1v) is 9.24. The van der Waals surface area contributed by atoms with Crippen LogP contribution in [0.25, 0.3) is 0 Å². The second-order valence-corrected chi connectivity index (χ2v) is 7.52. The van der Waals surface area contributed by atoms with Crippen LogP contribution in [0.1, 0.15) is 39.0 Å². The SMILES string of the molecule is CCCN(CCNC(N)=NCCc1cccs1)C(=O)OC(C)(C)C.I. The van der Waals surface area contributed by atoms with Gasteiger partial charge in [0, 0.05) is 37.5 Å². The average Bonchev–Trinajstić information content (AvgIpc) is 2.98. The quantitative estimate of drug-likeness (QED) is 0.338. The summed E-state index contributed by atoms with van der Waals surface area (Å²) in [6, 6.07) is 4.12. The highest BCUT2D eigenvalue weighted by Crippen LogP contribution is 2.10. The summed E-state index contributed by atoms with van der Waals surface area (Å²) in [4.78, 5) is 19.4. The Morgan fingerprint density at radius 3 is 2.68 bits per heavy atom. The number of hydrogen-bond donors (Lipinski definition) is 2. The zero-order chi connectivity index (χ0) is 18.0. The van der Waals surface area contributed by atoms with Gasteiger partial charge < -0.3 is 20.7 Å². The first-order chi connectivity index (χ1) is 11.3. The summed E-state index contributed by atoms with van der Waals surface area (Å²) in [5, 5.41) is 5.11. The second kappa shape index (κ2) is 12.3. The molecule has 0 radical (unpaired) electrons. The molecule has 25 heavy (non-hydrogen) atoms. The Labute approximate surface area is 172 Å². The Hall–Kier alpha value is -1.03. The van der Waals surface area contributed by atoms with Gasteiger partial charge in [-0.3, -0.25) is 4.99 Å². The number of rotatable bonds is 8. The lowest BCUT2D eigenvalue weighted by Gasteiger charge is -2.27. The monoisotopic (exact) mass is 482 g/mol. The summed E-state index contributed by atoms with van der Waals surface area (Å²) in [5.41, 5.74) is 5.37. The van der Waals surface area contributed by atoms with Crippen LogP contribution < -0.4 is 11.1 Å². The van der Waals surface area contributed by atoms with Gasteiger partial charge in [-0.2, -0.15) is 0 Å². The van der Waals surface area contributed by atoms with E-state index in [0.29, 0.717) is 32.1 Å². The number of halogens is 1. The number of hydrogen-bond acceptors (Lipinski definition) is 4. The van der Waals surface area contributed by atoms with E-state index in [1.807, 2.05) is 33.8 Å². The van der Waals surface area contributed by atoms with E-state index in [9.17, 15) is 4.79 Å². The minimum Gasteiger partial charge on any atom is -0.444 e. The van der Waals surface area contributed by atoms with Crippen LogP contribution in [-0.2, 0) is 11.2 Å². The van der Waals surface area contributed by atoms with E-state index in [4.69, 9.17) is 10.5 Å². The Bertz CT molecular complexity index is 515. The summed E-state index contributed by atoms with van der Waals surface area (Å²) in [6.45, 7) is 10.0. The van der Waals surface area contributed by atoms with E-state index in [2.05, 4.69) is 21.8 Å². The minimum atomic E-state index is -0.487. The highest BCUT2D eigenvalue weighted by atomic mass is 127. The van der Waals surface area contributed by atoms with Crippen LogP contribution in [0.2, 0.25) is 0 Å². The van der Waals surface area contributed by atoms with Gasteiger partial charge in [0.2, 0.25) is 0 Å². The van der Waals surface area contributed by atoms with Crippen LogP contribution in [0.3, 0.4) is 0 Å². The van der Waals surface area contributed by atoms with Gasteiger partial charge in [0.15, 0.2) is 5.96 Å². The molecule has 8 heteroatoms. The number of nitrogens with two attached hydrogens (primary N) is 1. The Balaban J connectivity index is 0.00000576. The average molecular weight is 482 g/mol. The predicted octanol–water partition coefficient (Wildman–Crippen LogP) is 3.46. The Morgan fingerprint density at radius 2 is 2.12 bits per heavy atom. The molecule has 1 rings (SSSR count). The van der Waals surface area contributed by atoms with E-state index in [1.54, 1.807) is 16.2 Å². The number of carbonyl (C=O) groups is 1. The van der Waals surface area contributed by atoms with Crippen LogP contribution in [0.5, 0.6) is 0 Å². The summed E-state index contributed by atoms with van der Waals surface area (Å²) in [7, 11) is 0. The smallest absolute Gasteiger partial charge is 0.410 e. The highest BCUT2D eigenvalue weighted by Gasteiger charge is 2.21. The zero-order valence-electron chi connectivity index (χ0n) is 15.6. The maximum Gasteiger partial charge on any atom is 0.410 e. The van der Waals surface area contributed by atoms with E-state index in [0.717, 1.165) is 12.8 Å². The summed E-state index contributed by atoms with van der Waals surface area (Å²) >= 11 is 1.72. The lowest BCUT2D eigenvalue weighted by atomic mass is 10.2. The number of guanidine groups is 1. The van der Waals surface area contributed by atoms with Gasteiger partial charge in [0.05, 0.1) is 0 Å². The number of thiophene rings is 1. The molecular formula is C17H31IN4O2S. The van der Waals surface area contributed by atoms with Crippen LogP contribution in [-0.4, -0.2) is 48.7 Å². The fraction of sp³-hybridized carbons (Fsp3) is 0.647. The van der Waals surface area contributed by atoms with Gasteiger partial charge >= 0.3 is 6.09 Å². The molecule has 0 spiro atoms. The van der Waals surface area contributed by atoms with Crippen molar-refractivity contribution in [3.05, 3.63) is 22.4 Å². The highest BCUT2D eigenvalue weighted by molar-refractivity contribution is 14.0. The number of amides is 1. The standard InChI is InChI=1S/C17H30N4O2S.HI/c1-5-11-21(16(22)23-17(2,3)4)12-10-20-15(18)19-9-8-14-7-6-13-24-14;/h6-7,13H,5,8-12H2,1-4H3,(H3,18,19,20);1H. The second-order valence-electron chi connectivity index (χ2n) is 6.49. The number of nitrogens with one attached hydrogen (secondary N) is 1. The van der Waals surface area contributed by atoms with Gasteiger partial charge in [-0.1, -0.05) is 13.0 Å². The number of ether oxygens (including phenoxy) is 1. The molecule has 144 valence electrons. The zero-order valence-corrected chi connectivity index (χ0v) is 18.7. The largest absolute Gasteiger partial charge is 0.444 e. The van der Waals surface area contributed by atoms with Crippen molar-refractivity contribution in [2.75, 3.05) is 26.2 Å². The third-order valence-electron chi connectivity index (χ3n) is 3.05. The molecule has 0 unspecified atom stereocenters. The van der Waals surface area contributed by atoms with E-state index in [1.165, 1.54) is 4.88 Å². The van der Waals surface area contributed by atoms with Gasteiger partial charge in [-0.05, 0) is 38.6 Å². The Morgan fingerprint density at radius 1 is 1.40 bits per heavy atom. The van der Waals surface area contributed by atoms with Gasteiger partial charge in [-0.25, -0.2) is 4.79 Å². The predicted molar refractivity (Wildman–Crippen MR) is 116 cm³/mol. The molecule has 0 saturated carbocycles.